The van der Waals surface area contributed by atoms with E-state index >= 15 is 0 Å². The summed E-state index contributed by atoms with van der Waals surface area (Å²) in [5.74, 6) is 0.756. The van der Waals surface area contributed by atoms with Crippen LogP contribution in [0, 0.1) is 5.92 Å². The largest absolute Gasteiger partial charge is 0.309 e. The Morgan fingerprint density at radius 3 is 1.88 bits per heavy atom. The molecule has 1 aliphatic rings. The first kappa shape index (κ1) is 13.9. The minimum atomic E-state index is 0.122. The summed E-state index contributed by atoms with van der Waals surface area (Å²) in [5.41, 5.74) is 0.244. The molecule has 0 aromatic heterocycles. The van der Waals surface area contributed by atoms with Gasteiger partial charge in [-0.25, -0.2) is 0 Å². The maximum atomic E-state index is 5.59. The Hall–Kier alpha value is -0.120. The van der Waals surface area contributed by atoms with Gasteiger partial charge in [-0.05, 0) is 60.5 Å². The molecule has 0 radical (unpaired) electrons. The molecule has 0 aromatic carbocycles. The van der Waals surface area contributed by atoms with Crippen molar-refractivity contribution in [2.45, 2.75) is 51.6 Å². The van der Waals surface area contributed by atoms with E-state index < -0.39 is 0 Å². The quantitative estimate of drug-likeness (QED) is 0.737. The fourth-order valence-electron chi connectivity index (χ4n) is 3.61. The Morgan fingerprint density at radius 2 is 1.56 bits per heavy atom. The van der Waals surface area contributed by atoms with Gasteiger partial charge in [0.25, 0.3) is 0 Å². The van der Waals surface area contributed by atoms with Crippen molar-refractivity contribution < 1.29 is 4.84 Å². The third-order valence-electron chi connectivity index (χ3n) is 3.48. The second-order valence-electron chi connectivity index (χ2n) is 6.64. The summed E-state index contributed by atoms with van der Waals surface area (Å²) in [6.07, 6.45) is 2.39. The number of hydrogen-bond acceptors (Lipinski definition) is 3. The van der Waals surface area contributed by atoms with Crippen LogP contribution >= 0.6 is 0 Å². The van der Waals surface area contributed by atoms with E-state index in [1.165, 1.54) is 19.4 Å². The van der Waals surface area contributed by atoms with Gasteiger partial charge < -0.3 is 9.74 Å². The van der Waals surface area contributed by atoms with E-state index in [4.69, 9.17) is 4.84 Å². The van der Waals surface area contributed by atoms with E-state index in [0.717, 1.165) is 5.92 Å². The van der Waals surface area contributed by atoms with Crippen LogP contribution in [0.15, 0.2) is 0 Å². The summed E-state index contributed by atoms with van der Waals surface area (Å²) in [5, 5.41) is 2.17. The number of piperidine rings is 1. The molecular formula is C13H28N2O. The van der Waals surface area contributed by atoms with Gasteiger partial charge in [0.15, 0.2) is 0 Å². The summed E-state index contributed by atoms with van der Waals surface area (Å²) in [6.45, 7) is 10.3. The maximum absolute atomic E-state index is 5.59. The van der Waals surface area contributed by atoms with Crippen molar-refractivity contribution in [3.05, 3.63) is 0 Å². The van der Waals surface area contributed by atoms with Gasteiger partial charge in [-0.1, -0.05) is 0 Å². The van der Waals surface area contributed by atoms with Gasteiger partial charge in [-0.15, -0.1) is 0 Å². The van der Waals surface area contributed by atoms with Crippen LogP contribution in [0.3, 0.4) is 0 Å². The molecule has 0 aromatic rings. The molecule has 3 heteroatoms. The van der Waals surface area contributed by atoms with E-state index in [1.54, 1.807) is 7.11 Å². The van der Waals surface area contributed by atoms with E-state index in [1.807, 2.05) is 0 Å². The van der Waals surface area contributed by atoms with Crippen LogP contribution < -0.4 is 0 Å². The first-order valence-corrected chi connectivity index (χ1v) is 6.18. The Labute approximate surface area is 101 Å². The molecule has 0 saturated carbocycles. The zero-order chi connectivity index (χ0) is 12.6. The highest BCUT2D eigenvalue weighted by Gasteiger charge is 2.45. The van der Waals surface area contributed by atoms with Crippen molar-refractivity contribution in [2.24, 2.45) is 5.92 Å². The lowest BCUT2D eigenvalue weighted by Crippen LogP contribution is -2.60. The van der Waals surface area contributed by atoms with E-state index in [-0.39, 0.29) is 11.1 Å². The number of hydrogen-bond donors (Lipinski definition) is 0. The highest BCUT2D eigenvalue weighted by atomic mass is 16.7. The number of rotatable bonds is 3. The molecule has 1 rings (SSSR count). The molecule has 96 valence electrons. The van der Waals surface area contributed by atoms with Gasteiger partial charge in [0.05, 0.1) is 7.11 Å². The lowest BCUT2D eigenvalue weighted by molar-refractivity contribution is -0.272. The molecule has 1 saturated heterocycles. The van der Waals surface area contributed by atoms with Crippen LogP contribution in [-0.4, -0.2) is 48.8 Å². The van der Waals surface area contributed by atoms with Crippen molar-refractivity contribution in [3.8, 4) is 0 Å². The van der Waals surface area contributed by atoms with Crippen LogP contribution in [0.5, 0.6) is 0 Å². The molecule has 0 atom stereocenters. The first-order chi connectivity index (χ1) is 7.19. The van der Waals surface area contributed by atoms with Crippen molar-refractivity contribution in [1.82, 2.24) is 9.96 Å². The molecule has 0 aliphatic carbocycles. The van der Waals surface area contributed by atoms with Gasteiger partial charge in [-0.2, -0.15) is 5.06 Å². The van der Waals surface area contributed by atoms with E-state index in [0.29, 0.717) is 0 Å². The van der Waals surface area contributed by atoms with Gasteiger partial charge >= 0.3 is 0 Å². The molecular weight excluding hydrogens is 200 g/mol. The number of hydroxylamine groups is 2. The molecule has 0 N–H and O–H groups in total. The van der Waals surface area contributed by atoms with Crippen LogP contribution in [0.1, 0.15) is 40.5 Å². The lowest BCUT2D eigenvalue weighted by Gasteiger charge is -2.53. The summed E-state index contributed by atoms with van der Waals surface area (Å²) in [4.78, 5) is 7.89. The smallest absolute Gasteiger partial charge is 0.0575 e. The molecule has 0 unspecified atom stereocenters. The fraction of sp³-hybridized carbons (Fsp3) is 1.00. The zero-order valence-corrected chi connectivity index (χ0v) is 12.0. The van der Waals surface area contributed by atoms with Gasteiger partial charge in [0.1, 0.15) is 0 Å². The third-order valence-corrected chi connectivity index (χ3v) is 3.48. The van der Waals surface area contributed by atoms with Crippen molar-refractivity contribution in [3.63, 3.8) is 0 Å². The Bertz CT molecular complexity index is 218. The average molecular weight is 228 g/mol. The molecule has 3 nitrogen and oxygen atoms in total. The molecule has 0 spiro atoms. The fourth-order valence-corrected chi connectivity index (χ4v) is 3.61. The van der Waals surface area contributed by atoms with Crippen molar-refractivity contribution >= 4 is 0 Å². The standard InChI is InChI=1S/C13H28N2O/c1-12(2)8-11(10-14(5)6)9-13(3,4)15(12)16-7/h11H,8-10H2,1-7H3. The maximum Gasteiger partial charge on any atom is 0.0575 e. The van der Waals surface area contributed by atoms with Crippen LogP contribution in [-0.2, 0) is 4.84 Å². The zero-order valence-electron chi connectivity index (χ0n) is 12.0. The predicted octanol–water partition coefficient (Wildman–Crippen LogP) is 2.38. The molecule has 0 bridgehead atoms. The van der Waals surface area contributed by atoms with Crippen molar-refractivity contribution in [2.75, 3.05) is 27.7 Å². The first-order valence-electron chi connectivity index (χ1n) is 6.18. The molecule has 1 aliphatic heterocycles. The van der Waals surface area contributed by atoms with Crippen LogP contribution in [0.2, 0.25) is 0 Å². The van der Waals surface area contributed by atoms with Crippen LogP contribution in [0.25, 0.3) is 0 Å². The summed E-state index contributed by atoms with van der Waals surface area (Å²) < 4.78 is 0. The number of nitrogens with zero attached hydrogens (tertiary/aromatic N) is 2. The van der Waals surface area contributed by atoms with Gasteiger partial charge in [0.2, 0.25) is 0 Å². The predicted molar refractivity (Wildman–Crippen MR) is 68.3 cm³/mol. The lowest BCUT2D eigenvalue weighted by atomic mass is 9.75. The molecule has 1 heterocycles. The second kappa shape index (κ2) is 4.63. The SMILES string of the molecule is CON1C(C)(C)CC(CN(C)C)CC1(C)C. The third kappa shape index (κ3) is 2.96. The molecule has 0 amide bonds. The Morgan fingerprint density at radius 1 is 1.12 bits per heavy atom. The minimum absolute atomic E-state index is 0.122. The monoisotopic (exact) mass is 228 g/mol. The van der Waals surface area contributed by atoms with E-state index in [9.17, 15) is 0 Å². The van der Waals surface area contributed by atoms with Crippen molar-refractivity contribution in [1.29, 1.82) is 0 Å². The Kier molecular flexibility index (Phi) is 4.04. The molecule has 1 fully saturated rings. The summed E-state index contributed by atoms with van der Waals surface area (Å²) >= 11 is 0. The van der Waals surface area contributed by atoms with E-state index in [2.05, 4.69) is 51.8 Å². The second-order valence-corrected chi connectivity index (χ2v) is 6.64. The average Bonchev–Trinajstić information content (AvgIpc) is 1.97. The van der Waals surface area contributed by atoms with Gasteiger partial charge in [0, 0.05) is 17.6 Å². The topological polar surface area (TPSA) is 15.7 Å². The summed E-state index contributed by atoms with van der Waals surface area (Å²) in [6, 6.07) is 0. The highest BCUT2D eigenvalue weighted by molar-refractivity contribution is 4.96. The van der Waals surface area contributed by atoms with Crippen LogP contribution in [0.4, 0.5) is 0 Å². The minimum Gasteiger partial charge on any atom is -0.309 e. The molecule has 16 heavy (non-hydrogen) atoms. The Balaban J connectivity index is 2.80. The normalized spacial score (nSPS) is 26.2. The summed E-state index contributed by atoms with van der Waals surface area (Å²) in [7, 11) is 6.10. The van der Waals surface area contributed by atoms with Gasteiger partial charge in [-0.3, -0.25) is 0 Å². The highest BCUT2D eigenvalue weighted by Crippen LogP contribution is 2.41.